The van der Waals surface area contributed by atoms with E-state index in [1.54, 1.807) is 0 Å². The third-order valence-electron chi connectivity index (χ3n) is 3.76. The molecule has 28 heavy (non-hydrogen) atoms. The SMILES string of the molecule is C[SiH](OO[Si](C)(C)[Si](C)(C)C)O[Si](C)(C)C.C[SiH](O[Si](C)(C)C)O[Si](C)(C)C. The van der Waals surface area contributed by atoms with Crippen molar-refractivity contribution in [3.05, 3.63) is 0 Å². The Hall–Kier alpha value is 1.32. The zero-order valence-electron chi connectivity index (χ0n) is 21.7. The molecule has 0 amide bonds. The second-order valence-corrected chi connectivity index (χ2v) is 45.5. The molecule has 0 aliphatic heterocycles. The Morgan fingerprint density at radius 1 is 0.464 bits per heavy atom. The van der Waals surface area contributed by atoms with Crippen LogP contribution in [0.4, 0.5) is 0 Å². The molecule has 0 radical (unpaired) electrons. The van der Waals surface area contributed by atoms with Gasteiger partial charge in [0.05, 0.1) is 7.59 Å². The van der Waals surface area contributed by atoms with Gasteiger partial charge in [-0.1, -0.05) is 19.6 Å². The molecule has 0 fully saturated rings. The molecule has 0 saturated carbocycles. The molecule has 0 saturated heterocycles. The normalized spacial score (nSPS) is 15.3. The van der Waals surface area contributed by atoms with Gasteiger partial charge in [0.1, 0.15) is 0 Å². The van der Waals surface area contributed by atoms with Crippen LogP contribution in [0.2, 0.25) is 105 Å². The molecule has 1 atom stereocenters. The fraction of sp³-hybridized carbons (Fsp3) is 1.00. The van der Waals surface area contributed by atoms with E-state index in [4.69, 9.17) is 21.5 Å². The molecule has 0 aliphatic rings. The summed E-state index contributed by atoms with van der Waals surface area (Å²) in [5, 5.41) is 0. The van der Waals surface area contributed by atoms with Gasteiger partial charge in [-0.15, -0.1) is 0 Å². The first kappa shape index (κ1) is 31.5. The van der Waals surface area contributed by atoms with E-state index in [1.165, 1.54) is 0 Å². The van der Waals surface area contributed by atoms with Crippen LogP contribution in [0.5, 0.6) is 0 Å². The first-order valence-electron chi connectivity index (χ1n) is 10.3. The Kier molecular flexibility index (Phi) is 13.3. The van der Waals surface area contributed by atoms with Crippen molar-refractivity contribution < 1.29 is 21.5 Å². The summed E-state index contributed by atoms with van der Waals surface area (Å²) in [6, 6.07) is 0. The molecular formula is C16H50O5Si7. The van der Waals surface area contributed by atoms with Crippen LogP contribution < -0.4 is 0 Å². The number of hydrogen-bond donors (Lipinski definition) is 0. The highest BCUT2D eigenvalue weighted by atomic mass is 29.3. The largest absolute Gasteiger partial charge is 0.439 e. The monoisotopic (exact) mass is 518 g/mol. The van der Waals surface area contributed by atoms with Gasteiger partial charge in [0.25, 0.3) is 9.28 Å². The van der Waals surface area contributed by atoms with Gasteiger partial charge < -0.3 is 12.3 Å². The van der Waals surface area contributed by atoms with Crippen molar-refractivity contribution in [3.63, 3.8) is 0 Å². The fourth-order valence-corrected chi connectivity index (χ4v) is 17.5. The molecule has 0 N–H and O–H groups in total. The van der Waals surface area contributed by atoms with Crippen molar-refractivity contribution in [1.82, 2.24) is 0 Å². The summed E-state index contributed by atoms with van der Waals surface area (Å²) in [5.74, 6) is 0. The summed E-state index contributed by atoms with van der Waals surface area (Å²) in [7, 11) is -10.0. The van der Waals surface area contributed by atoms with Crippen molar-refractivity contribution in [2.24, 2.45) is 0 Å². The summed E-state index contributed by atoms with van der Waals surface area (Å²) in [4.78, 5) is 0. The predicted molar refractivity (Wildman–Crippen MR) is 142 cm³/mol. The lowest BCUT2D eigenvalue weighted by atomic mass is 11.8. The van der Waals surface area contributed by atoms with Crippen LogP contribution in [0.15, 0.2) is 0 Å². The average Bonchev–Trinajstić information content (AvgIpc) is 2.28. The molecule has 1 unspecified atom stereocenters. The summed E-state index contributed by atoms with van der Waals surface area (Å²) in [6.45, 7) is 35.5. The van der Waals surface area contributed by atoms with E-state index >= 15 is 0 Å². The van der Waals surface area contributed by atoms with Crippen LogP contribution in [-0.4, -0.2) is 58.9 Å². The zero-order chi connectivity index (χ0) is 23.2. The van der Waals surface area contributed by atoms with Gasteiger partial charge in [-0.05, 0) is 85.1 Å². The Morgan fingerprint density at radius 3 is 1.00 bits per heavy atom. The quantitative estimate of drug-likeness (QED) is 0.208. The van der Waals surface area contributed by atoms with Crippen LogP contribution in [0.3, 0.4) is 0 Å². The summed E-state index contributed by atoms with van der Waals surface area (Å²) >= 11 is 0. The van der Waals surface area contributed by atoms with Gasteiger partial charge in [-0.3, -0.25) is 9.15 Å². The molecule has 12 heteroatoms. The minimum absolute atomic E-state index is 1.24. The Morgan fingerprint density at radius 2 is 0.750 bits per heavy atom. The molecule has 0 heterocycles. The van der Waals surface area contributed by atoms with E-state index in [-0.39, 0.29) is 0 Å². The maximum atomic E-state index is 5.91. The van der Waals surface area contributed by atoms with E-state index in [9.17, 15) is 0 Å². The third kappa shape index (κ3) is 19.3. The van der Waals surface area contributed by atoms with Crippen molar-refractivity contribution in [3.8, 4) is 0 Å². The molecule has 0 aromatic rings. The van der Waals surface area contributed by atoms with Gasteiger partial charge >= 0.3 is 9.28 Å². The smallest absolute Gasteiger partial charge is 0.345 e. The maximum Gasteiger partial charge on any atom is 0.345 e. The van der Waals surface area contributed by atoms with Gasteiger partial charge in [0.2, 0.25) is 7.83 Å². The van der Waals surface area contributed by atoms with Crippen LogP contribution in [0.1, 0.15) is 0 Å². The Labute approximate surface area is 184 Å². The second-order valence-electron chi connectivity index (χ2n) is 11.8. The number of hydrogen-bond acceptors (Lipinski definition) is 5. The Bertz CT molecular complexity index is 421. The fourth-order valence-electron chi connectivity index (χ4n) is 1.85. The minimum Gasteiger partial charge on any atom is -0.439 e. The lowest BCUT2D eigenvalue weighted by Gasteiger charge is -2.34. The second kappa shape index (κ2) is 11.8. The highest BCUT2D eigenvalue weighted by molar-refractivity contribution is 7.37. The van der Waals surface area contributed by atoms with Crippen LogP contribution in [-0.2, 0) is 21.5 Å². The molecule has 0 aromatic heterocycles. The predicted octanol–water partition coefficient (Wildman–Crippen LogP) is 5.80. The first-order valence-corrected chi connectivity index (χ1v) is 32.2. The highest BCUT2D eigenvalue weighted by Gasteiger charge is 2.41. The van der Waals surface area contributed by atoms with Crippen LogP contribution >= 0.6 is 0 Å². The van der Waals surface area contributed by atoms with Crippen LogP contribution in [0, 0.1) is 0 Å². The van der Waals surface area contributed by atoms with Gasteiger partial charge in [0.15, 0.2) is 25.0 Å². The first-order chi connectivity index (χ1) is 12.0. The van der Waals surface area contributed by atoms with E-state index < -0.39 is 58.9 Å². The van der Waals surface area contributed by atoms with E-state index in [0.29, 0.717) is 0 Å². The van der Waals surface area contributed by atoms with Crippen LogP contribution in [0.25, 0.3) is 0 Å². The Balaban J connectivity index is 0. The molecule has 0 bridgehead atoms. The summed E-state index contributed by atoms with van der Waals surface area (Å²) in [5.41, 5.74) is 0. The van der Waals surface area contributed by atoms with Crippen molar-refractivity contribution >= 4 is 58.9 Å². The molecule has 0 aliphatic carbocycles. The topological polar surface area (TPSA) is 46.2 Å². The zero-order valence-corrected chi connectivity index (χ0v) is 29.0. The molecule has 0 aromatic carbocycles. The lowest BCUT2D eigenvalue weighted by molar-refractivity contribution is -0.126. The lowest BCUT2D eigenvalue weighted by Crippen LogP contribution is -2.55. The van der Waals surface area contributed by atoms with Crippen molar-refractivity contribution in [2.75, 3.05) is 0 Å². The average molecular weight is 519 g/mol. The minimum atomic E-state index is -1.66. The third-order valence-corrected chi connectivity index (χ3v) is 32.0. The van der Waals surface area contributed by atoms with E-state index in [1.807, 2.05) is 6.55 Å². The molecule has 172 valence electrons. The number of rotatable bonds is 10. The maximum absolute atomic E-state index is 5.91. The van der Waals surface area contributed by atoms with E-state index in [2.05, 4.69) is 98.2 Å². The standard InChI is InChI=1S/C9H28O3Si4.C7H22O2Si3/c1-13(12-14(2,3)4)10-11-16(8,9)15(5,6)7;1-10(8-11(2,3)4)9-12(5,6)7/h13H,1-9H3;10H,1-7H3. The molecule has 5 nitrogen and oxygen atoms in total. The van der Waals surface area contributed by atoms with Crippen molar-refractivity contribution in [1.29, 1.82) is 0 Å². The molecular weight excluding hydrogens is 469 g/mol. The summed E-state index contributed by atoms with van der Waals surface area (Å²) in [6.07, 6.45) is 0. The van der Waals surface area contributed by atoms with Crippen molar-refractivity contribution in [2.45, 2.75) is 105 Å². The van der Waals surface area contributed by atoms with E-state index in [0.717, 1.165) is 0 Å². The highest BCUT2D eigenvalue weighted by Crippen LogP contribution is 2.21. The van der Waals surface area contributed by atoms with Gasteiger partial charge in [0, 0.05) is 0 Å². The molecule has 0 spiro atoms. The summed E-state index contributed by atoms with van der Waals surface area (Å²) < 4.78 is 29.0. The molecule has 0 rings (SSSR count). The van der Waals surface area contributed by atoms with Gasteiger partial charge in [-0.2, -0.15) is 0 Å². The van der Waals surface area contributed by atoms with Gasteiger partial charge in [-0.25, -0.2) is 0 Å².